The molecule has 1 N–H and O–H groups in total. The SMILES string of the molecule is COc1nc2c(C)nnc(N[C@H](C)c3cccc(C(F)(F)C4CCCO4)c3)c2cc1N1CC2CC1CO2. The minimum Gasteiger partial charge on any atom is -0.480 e. The third-order valence-electron chi connectivity index (χ3n) is 7.73. The van der Waals surface area contributed by atoms with Crippen LogP contribution >= 0.6 is 0 Å². The summed E-state index contributed by atoms with van der Waals surface area (Å²) in [4.78, 5) is 7.08. The Morgan fingerprint density at radius 3 is 2.78 bits per heavy atom. The molecule has 2 aromatic heterocycles. The van der Waals surface area contributed by atoms with E-state index < -0.39 is 12.0 Å². The lowest BCUT2D eigenvalue weighted by atomic mass is 9.97. The number of nitrogens with zero attached hydrogens (tertiary/aromatic N) is 4. The van der Waals surface area contributed by atoms with E-state index in [0.29, 0.717) is 49.0 Å². The molecule has 3 unspecified atom stereocenters. The molecule has 196 valence electrons. The molecule has 0 aliphatic carbocycles. The summed E-state index contributed by atoms with van der Waals surface area (Å²) in [6, 6.07) is 8.55. The van der Waals surface area contributed by atoms with Gasteiger partial charge in [-0.15, -0.1) is 5.10 Å². The Hall–Kier alpha value is -3.11. The number of rotatable bonds is 7. The molecule has 3 aliphatic rings. The van der Waals surface area contributed by atoms with Crippen molar-refractivity contribution in [2.45, 2.75) is 63.3 Å². The van der Waals surface area contributed by atoms with Crippen molar-refractivity contribution in [1.82, 2.24) is 15.2 Å². The zero-order chi connectivity index (χ0) is 25.7. The fourth-order valence-electron chi connectivity index (χ4n) is 5.68. The minimum atomic E-state index is -3.04. The Kier molecular flexibility index (Phi) is 6.11. The quantitative estimate of drug-likeness (QED) is 0.486. The smallest absolute Gasteiger partial charge is 0.298 e. The molecule has 5 heterocycles. The number of aromatic nitrogens is 3. The zero-order valence-electron chi connectivity index (χ0n) is 21.2. The fraction of sp³-hybridized carbons (Fsp3) is 0.519. The molecular weight excluding hydrogens is 480 g/mol. The lowest BCUT2D eigenvalue weighted by Crippen LogP contribution is -2.37. The summed E-state index contributed by atoms with van der Waals surface area (Å²) in [5, 5.41) is 12.9. The molecule has 0 amide bonds. The van der Waals surface area contributed by atoms with E-state index in [1.165, 1.54) is 6.07 Å². The summed E-state index contributed by atoms with van der Waals surface area (Å²) in [6.07, 6.45) is 1.15. The van der Waals surface area contributed by atoms with Gasteiger partial charge in [-0.25, -0.2) is 4.98 Å². The molecule has 6 rings (SSSR count). The molecule has 0 saturated carbocycles. The van der Waals surface area contributed by atoms with Gasteiger partial charge in [-0.05, 0) is 50.8 Å². The molecule has 3 aromatic rings. The number of nitrogens with one attached hydrogen (secondary N) is 1. The molecule has 4 atom stereocenters. The van der Waals surface area contributed by atoms with Gasteiger partial charge in [0.25, 0.3) is 5.92 Å². The van der Waals surface area contributed by atoms with Crippen LogP contribution in [0.3, 0.4) is 0 Å². The van der Waals surface area contributed by atoms with E-state index in [2.05, 4.69) is 20.4 Å². The van der Waals surface area contributed by atoms with E-state index in [1.807, 2.05) is 26.0 Å². The summed E-state index contributed by atoms with van der Waals surface area (Å²) >= 11 is 0. The molecule has 2 bridgehead atoms. The van der Waals surface area contributed by atoms with Crippen LogP contribution in [0.25, 0.3) is 10.9 Å². The summed E-state index contributed by atoms with van der Waals surface area (Å²) < 4.78 is 47.0. The molecule has 3 aliphatic heterocycles. The second-order valence-corrected chi connectivity index (χ2v) is 10.2. The van der Waals surface area contributed by atoms with E-state index in [0.717, 1.165) is 29.6 Å². The predicted octanol–water partition coefficient (Wildman–Crippen LogP) is 4.76. The van der Waals surface area contributed by atoms with Gasteiger partial charge in [0.05, 0.1) is 37.6 Å². The number of ether oxygens (including phenoxy) is 3. The fourth-order valence-corrected chi connectivity index (χ4v) is 5.68. The molecule has 0 spiro atoms. The van der Waals surface area contributed by atoms with Gasteiger partial charge in [-0.2, -0.15) is 13.9 Å². The number of morpholine rings is 1. The van der Waals surface area contributed by atoms with Crippen molar-refractivity contribution in [2.24, 2.45) is 0 Å². The number of halogens is 2. The Morgan fingerprint density at radius 2 is 2.08 bits per heavy atom. The molecule has 3 fully saturated rings. The van der Waals surface area contributed by atoms with Crippen LogP contribution < -0.4 is 15.0 Å². The third-order valence-corrected chi connectivity index (χ3v) is 7.73. The highest BCUT2D eigenvalue weighted by molar-refractivity contribution is 5.94. The van der Waals surface area contributed by atoms with Gasteiger partial charge in [-0.1, -0.05) is 18.2 Å². The molecule has 10 heteroatoms. The molecule has 1 aromatic carbocycles. The van der Waals surface area contributed by atoms with Crippen LogP contribution in [0.2, 0.25) is 0 Å². The number of pyridine rings is 1. The second kappa shape index (κ2) is 9.33. The van der Waals surface area contributed by atoms with Gasteiger partial charge in [-0.3, -0.25) is 0 Å². The third kappa shape index (κ3) is 4.25. The number of hydrogen-bond donors (Lipinski definition) is 1. The minimum absolute atomic E-state index is 0.0367. The molecule has 0 radical (unpaired) electrons. The number of alkyl halides is 2. The van der Waals surface area contributed by atoms with Crippen LogP contribution in [0.4, 0.5) is 20.3 Å². The van der Waals surface area contributed by atoms with Gasteiger partial charge >= 0.3 is 0 Å². The van der Waals surface area contributed by atoms with Crippen molar-refractivity contribution in [3.05, 3.63) is 47.2 Å². The number of methoxy groups -OCH3 is 1. The highest BCUT2D eigenvalue weighted by atomic mass is 19.3. The van der Waals surface area contributed by atoms with Crippen LogP contribution in [0.1, 0.15) is 49.0 Å². The van der Waals surface area contributed by atoms with Crippen molar-refractivity contribution in [2.75, 3.05) is 37.1 Å². The first-order valence-electron chi connectivity index (χ1n) is 12.8. The monoisotopic (exact) mass is 511 g/mol. The van der Waals surface area contributed by atoms with E-state index in [-0.39, 0.29) is 23.8 Å². The Labute approximate surface area is 214 Å². The van der Waals surface area contributed by atoms with Crippen LogP contribution in [-0.4, -0.2) is 60.3 Å². The van der Waals surface area contributed by atoms with Crippen LogP contribution in [0, 0.1) is 6.92 Å². The lowest BCUT2D eigenvalue weighted by molar-refractivity contribution is -0.122. The molecule has 37 heavy (non-hydrogen) atoms. The average molecular weight is 512 g/mol. The normalized spacial score (nSPS) is 24.1. The number of fused-ring (bicyclic) bond motifs is 3. The topological polar surface area (TPSA) is 81.6 Å². The maximum absolute atomic E-state index is 15.1. The van der Waals surface area contributed by atoms with Crippen LogP contribution in [0.5, 0.6) is 5.88 Å². The van der Waals surface area contributed by atoms with E-state index in [1.54, 1.807) is 19.2 Å². The highest BCUT2D eigenvalue weighted by Gasteiger charge is 2.44. The first-order valence-corrected chi connectivity index (χ1v) is 12.8. The first-order chi connectivity index (χ1) is 17.8. The molecular formula is C27H31F2N5O3. The van der Waals surface area contributed by atoms with Gasteiger partial charge in [0.15, 0.2) is 5.82 Å². The second-order valence-electron chi connectivity index (χ2n) is 10.2. The van der Waals surface area contributed by atoms with Crippen molar-refractivity contribution >= 4 is 22.4 Å². The number of aryl methyl sites for hydroxylation is 1. The van der Waals surface area contributed by atoms with Crippen LogP contribution in [0.15, 0.2) is 30.3 Å². The summed E-state index contributed by atoms with van der Waals surface area (Å²) in [5.41, 5.74) is 2.95. The Balaban J connectivity index is 1.33. The highest BCUT2D eigenvalue weighted by Crippen LogP contribution is 2.41. The predicted molar refractivity (Wildman–Crippen MR) is 135 cm³/mol. The maximum atomic E-state index is 15.1. The van der Waals surface area contributed by atoms with Gasteiger partial charge < -0.3 is 24.4 Å². The van der Waals surface area contributed by atoms with Crippen molar-refractivity contribution in [3.8, 4) is 5.88 Å². The average Bonchev–Trinajstić information content (AvgIpc) is 3.69. The van der Waals surface area contributed by atoms with Gasteiger partial charge in [0.1, 0.15) is 17.3 Å². The lowest BCUT2D eigenvalue weighted by Gasteiger charge is -2.30. The van der Waals surface area contributed by atoms with Crippen molar-refractivity contribution < 1.29 is 23.0 Å². The summed E-state index contributed by atoms with van der Waals surface area (Å²) in [5.74, 6) is -1.96. The van der Waals surface area contributed by atoms with Gasteiger partial charge in [0, 0.05) is 24.1 Å². The largest absolute Gasteiger partial charge is 0.480 e. The Bertz CT molecular complexity index is 1320. The van der Waals surface area contributed by atoms with E-state index in [4.69, 9.17) is 19.2 Å². The number of anilines is 2. The van der Waals surface area contributed by atoms with Crippen molar-refractivity contribution in [3.63, 3.8) is 0 Å². The maximum Gasteiger partial charge on any atom is 0.298 e. The zero-order valence-corrected chi connectivity index (χ0v) is 21.2. The summed E-state index contributed by atoms with van der Waals surface area (Å²) in [7, 11) is 1.62. The number of benzene rings is 1. The van der Waals surface area contributed by atoms with Crippen LogP contribution in [-0.2, 0) is 15.4 Å². The van der Waals surface area contributed by atoms with E-state index in [9.17, 15) is 0 Å². The standard InChI is InChI=1S/C27H31F2N5O3/c1-15(17-6-4-7-18(10-17)27(28,29)23-8-5-9-36-23)30-25-21-12-22(34-13-20-11-19(34)14-37-20)26(35-3)31-24(21)16(2)32-33-25/h4,6-7,10,12,15,19-20,23H,5,8-9,11,13-14H2,1-3H3,(H,30,33)/t15-,19?,20?,23?/m1/s1. The molecule has 8 nitrogen and oxygen atoms in total. The molecule has 3 saturated heterocycles. The van der Waals surface area contributed by atoms with Crippen molar-refractivity contribution in [1.29, 1.82) is 0 Å². The Morgan fingerprint density at radius 1 is 1.22 bits per heavy atom. The summed E-state index contributed by atoms with van der Waals surface area (Å²) in [6.45, 7) is 5.64. The van der Waals surface area contributed by atoms with E-state index >= 15 is 8.78 Å². The first kappa shape index (κ1) is 24.2. The van der Waals surface area contributed by atoms with Gasteiger partial charge in [0.2, 0.25) is 5.88 Å². The number of hydrogen-bond acceptors (Lipinski definition) is 8.